The van der Waals surface area contributed by atoms with Gasteiger partial charge >= 0.3 is 5.69 Å². The highest BCUT2D eigenvalue weighted by atomic mass is 35.5. The lowest BCUT2D eigenvalue weighted by Gasteiger charge is -2.14. The van der Waals surface area contributed by atoms with Crippen molar-refractivity contribution in [2.45, 2.75) is 19.5 Å². The molecule has 29 heavy (non-hydrogen) atoms. The smallest absolute Gasteiger partial charge is 0.331 e. The number of carbonyl (C=O) groups is 1. The number of aromatic nitrogens is 2. The van der Waals surface area contributed by atoms with E-state index in [1.807, 2.05) is 0 Å². The Hall–Kier alpha value is -2.97. The zero-order chi connectivity index (χ0) is 21.0. The fourth-order valence-electron chi connectivity index (χ4n) is 3.01. The standard InChI is InChI=1S/C20H19ClFN3O4/c1-29-10-4-9-24-19(27)14-5-2-3-6-17(14)25(20(24)28)12-18(26)23-16-11-13(22)7-8-15(16)21/h2-3,5-8,11H,4,9-10,12H2,1H3,(H,23,26). The predicted molar refractivity (Wildman–Crippen MR) is 109 cm³/mol. The maximum Gasteiger partial charge on any atom is 0.331 e. The molecule has 0 saturated heterocycles. The number of nitrogens with zero attached hydrogens (tertiary/aromatic N) is 2. The highest BCUT2D eigenvalue weighted by molar-refractivity contribution is 6.33. The van der Waals surface area contributed by atoms with Crippen molar-refractivity contribution >= 4 is 34.1 Å². The summed E-state index contributed by atoms with van der Waals surface area (Å²) in [5.41, 5.74) is -0.592. The molecule has 9 heteroatoms. The highest BCUT2D eigenvalue weighted by Crippen LogP contribution is 2.22. The summed E-state index contributed by atoms with van der Waals surface area (Å²) < 4.78 is 20.7. The molecule has 0 unspecified atom stereocenters. The molecule has 1 heterocycles. The molecule has 0 bridgehead atoms. The molecular formula is C20H19ClFN3O4. The van der Waals surface area contributed by atoms with Crippen LogP contribution in [0.5, 0.6) is 0 Å². The van der Waals surface area contributed by atoms with Crippen LogP contribution in [0.2, 0.25) is 5.02 Å². The third-order valence-electron chi connectivity index (χ3n) is 4.37. The first-order chi connectivity index (χ1) is 13.9. The minimum absolute atomic E-state index is 0.0995. The van der Waals surface area contributed by atoms with Crippen LogP contribution in [0, 0.1) is 5.82 Å². The summed E-state index contributed by atoms with van der Waals surface area (Å²) in [6.45, 7) is 0.182. The molecule has 3 rings (SSSR count). The SMILES string of the molecule is COCCCn1c(=O)c2ccccc2n(CC(=O)Nc2cc(F)ccc2Cl)c1=O. The van der Waals surface area contributed by atoms with Crippen LogP contribution in [0.15, 0.2) is 52.1 Å². The number of anilines is 1. The van der Waals surface area contributed by atoms with E-state index in [2.05, 4.69) is 5.32 Å². The van der Waals surface area contributed by atoms with E-state index in [1.165, 1.54) is 23.8 Å². The molecule has 1 amide bonds. The van der Waals surface area contributed by atoms with Crippen LogP contribution in [-0.4, -0.2) is 28.8 Å². The van der Waals surface area contributed by atoms with Crippen molar-refractivity contribution in [3.05, 3.63) is 74.1 Å². The molecular weight excluding hydrogens is 401 g/mol. The number of amides is 1. The Morgan fingerprint density at radius 3 is 2.69 bits per heavy atom. The topological polar surface area (TPSA) is 82.3 Å². The number of fused-ring (bicyclic) bond motifs is 1. The van der Waals surface area contributed by atoms with E-state index in [1.54, 1.807) is 24.3 Å². The van der Waals surface area contributed by atoms with Crippen molar-refractivity contribution in [2.75, 3.05) is 19.0 Å². The minimum Gasteiger partial charge on any atom is -0.385 e. The van der Waals surface area contributed by atoms with Gasteiger partial charge in [-0.05, 0) is 36.8 Å². The second-order valence-corrected chi connectivity index (χ2v) is 6.77. The molecule has 1 aromatic heterocycles. The molecule has 7 nitrogen and oxygen atoms in total. The number of hydrogen-bond donors (Lipinski definition) is 1. The Kier molecular flexibility index (Phi) is 6.46. The lowest BCUT2D eigenvalue weighted by atomic mass is 10.2. The number of rotatable bonds is 7. The normalized spacial score (nSPS) is 11.0. The minimum atomic E-state index is -0.606. The lowest BCUT2D eigenvalue weighted by molar-refractivity contribution is -0.116. The van der Waals surface area contributed by atoms with Gasteiger partial charge in [0.25, 0.3) is 5.56 Å². The summed E-state index contributed by atoms with van der Waals surface area (Å²) >= 11 is 5.98. The van der Waals surface area contributed by atoms with Crippen molar-refractivity contribution in [3.63, 3.8) is 0 Å². The Morgan fingerprint density at radius 1 is 1.17 bits per heavy atom. The quantitative estimate of drug-likeness (QED) is 0.597. The van der Waals surface area contributed by atoms with Crippen molar-refractivity contribution in [1.82, 2.24) is 9.13 Å². The molecule has 0 aliphatic heterocycles. The van der Waals surface area contributed by atoms with Gasteiger partial charge in [-0.25, -0.2) is 9.18 Å². The van der Waals surface area contributed by atoms with Crippen molar-refractivity contribution < 1.29 is 13.9 Å². The Bertz CT molecular complexity index is 1170. The third kappa shape index (κ3) is 4.55. The molecule has 1 N–H and O–H groups in total. The van der Waals surface area contributed by atoms with Gasteiger partial charge < -0.3 is 10.1 Å². The van der Waals surface area contributed by atoms with E-state index in [-0.39, 0.29) is 23.8 Å². The number of methoxy groups -OCH3 is 1. The number of benzene rings is 2. The molecule has 2 aromatic carbocycles. The molecule has 152 valence electrons. The van der Waals surface area contributed by atoms with Crippen LogP contribution >= 0.6 is 11.6 Å². The van der Waals surface area contributed by atoms with Crippen LogP contribution < -0.4 is 16.6 Å². The summed E-state index contributed by atoms with van der Waals surface area (Å²) in [6.07, 6.45) is 0.467. The molecule has 0 atom stereocenters. The van der Waals surface area contributed by atoms with Gasteiger partial charge in [-0.3, -0.25) is 18.7 Å². The lowest BCUT2D eigenvalue weighted by Crippen LogP contribution is -2.42. The number of halogens is 2. The maximum absolute atomic E-state index is 13.4. The van der Waals surface area contributed by atoms with Crippen LogP contribution in [0.3, 0.4) is 0 Å². The van der Waals surface area contributed by atoms with Gasteiger partial charge in [-0.2, -0.15) is 0 Å². The van der Waals surface area contributed by atoms with E-state index >= 15 is 0 Å². The van der Waals surface area contributed by atoms with E-state index in [9.17, 15) is 18.8 Å². The van der Waals surface area contributed by atoms with E-state index in [0.717, 1.165) is 10.6 Å². The summed E-state index contributed by atoms with van der Waals surface area (Å²) in [5, 5.41) is 2.99. The first-order valence-electron chi connectivity index (χ1n) is 8.88. The largest absolute Gasteiger partial charge is 0.385 e. The summed E-state index contributed by atoms with van der Waals surface area (Å²) in [7, 11) is 1.53. The zero-order valence-corrected chi connectivity index (χ0v) is 16.4. The van der Waals surface area contributed by atoms with Crippen LogP contribution in [-0.2, 0) is 22.6 Å². The molecule has 3 aromatic rings. The van der Waals surface area contributed by atoms with E-state index in [4.69, 9.17) is 16.3 Å². The van der Waals surface area contributed by atoms with Gasteiger partial charge in [0.15, 0.2) is 0 Å². The highest BCUT2D eigenvalue weighted by Gasteiger charge is 2.16. The van der Waals surface area contributed by atoms with Gasteiger partial charge in [0, 0.05) is 20.3 Å². The van der Waals surface area contributed by atoms with Gasteiger partial charge in [0.1, 0.15) is 12.4 Å². The molecule has 0 aliphatic rings. The number of ether oxygens (including phenoxy) is 1. The van der Waals surface area contributed by atoms with Gasteiger partial charge in [-0.15, -0.1) is 0 Å². The average Bonchev–Trinajstić information content (AvgIpc) is 2.70. The Labute approximate surface area is 170 Å². The average molecular weight is 420 g/mol. The zero-order valence-electron chi connectivity index (χ0n) is 15.7. The molecule has 0 saturated carbocycles. The Balaban J connectivity index is 1.99. The predicted octanol–water partition coefficient (Wildman–Crippen LogP) is 2.63. The fraction of sp³-hybridized carbons (Fsp3) is 0.250. The number of nitrogens with one attached hydrogen (secondary N) is 1. The van der Waals surface area contributed by atoms with Gasteiger partial charge in [-0.1, -0.05) is 23.7 Å². The van der Waals surface area contributed by atoms with Crippen LogP contribution in [0.4, 0.5) is 10.1 Å². The van der Waals surface area contributed by atoms with Crippen molar-refractivity contribution in [2.24, 2.45) is 0 Å². The van der Waals surface area contributed by atoms with E-state index in [0.29, 0.717) is 23.9 Å². The number of para-hydroxylation sites is 1. The second-order valence-electron chi connectivity index (χ2n) is 6.36. The summed E-state index contributed by atoms with van der Waals surface area (Å²) in [4.78, 5) is 38.2. The third-order valence-corrected chi connectivity index (χ3v) is 4.70. The molecule has 0 spiro atoms. The molecule has 0 aliphatic carbocycles. The van der Waals surface area contributed by atoms with Gasteiger partial charge in [0.2, 0.25) is 5.91 Å². The monoisotopic (exact) mass is 419 g/mol. The second kappa shape index (κ2) is 9.02. The van der Waals surface area contributed by atoms with E-state index < -0.39 is 23.0 Å². The first-order valence-corrected chi connectivity index (χ1v) is 9.26. The summed E-state index contributed by atoms with van der Waals surface area (Å²) in [6, 6.07) is 10.1. The first kappa shape index (κ1) is 20.8. The number of hydrogen-bond acceptors (Lipinski definition) is 4. The van der Waals surface area contributed by atoms with Crippen molar-refractivity contribution in [1.29, 1.82) is 0 Å². The summed E-state index contributed by atoms with van der Waals surface area (Å²) in [5.74, 6) is -1.13. The number of carbonyl (C=O) groups excluding carboxylic acids is 1. The molecule has 0 fully saturated rings. The van der Waals surface area contributed by atoms with Crippen LogP contribution in [0.25, 0.3) is 10.9 Å². The van der Waals surface area contributed by atoms with Gasteiger partial charge in [0.05, 0.1) is 21.6 Å². The molecule has 0 radical (unpaired) electrons. The van der Waals surface area contributed by atoms with Crippen LogP contribution in [0.1, 0.15) is 6.42 Å². The fourth-order valence-corrected chi connectivity index (χ4v) is 3.18. The Morgan fingerprint density at radius 2 is 1.93 bits per heavy atom. The van der Waals surface area contributed by atoms with Crippen molar-refractivity contribution in [3.8, 4) is 0 Å². The maximum atomic E-state index is 13.4.